The lowest BCUT2D eigenvalue weighted by atomic mass is 10.2. The molecule has 0 unspecified atom stereocenters. The molecule has 0 amide bonds. The number of pyridine rings is 1. The second-order valence-electron chi connectivity index (χ2n) is 2.44. The van der Waals surface area contributed by atoms with Gasteiger partial charge >= 0.3 is 0 Å². The average Bonchev–Trinajstić information content (AvgIpc) is 2.04. The highest BCUT2D eigenvalue weighted by Gasteiger charge is 1.91. The van der Waals surface area contributed by atoms with Crippen LogP contribution in [-0.4, -0.2) is 18.6 Å². The van der Waals surface area contributed by atoms with E-state index in [1.165, 1.54) is 0 Å². The molecule has 0 atom stereocenters. The van der Waals surface area contributed by atoms with Crippen LogP contribution in [0.25, 0.3) is 0 Å². The zero-order chi connectivity index (χ0) is 8.10. The third-order valence-corrected chi connectivity index (χ3v) is 1.48. The van der Waals surface area contributed by atoms with E-state index in [0.29, 0.717) is 0 Å². The maximum absolute atomic E-state index is 5.48. The lowest BCUT2D eigenvalue weighted by molar-refractivity contribution is 0.777. The quantitative estimate of drug-likeness (QED) is 0.658. The predicted molar refractivity (Wildman–Crippen MR) is 46.3 cm³/mol. The van der Waals surface area contributed by atoms with E-state index in [1.54, 1.807) is 6.20 Å². The van der Waals surface area contributed by atoms with Crippen LogP contribution in [0.3, 0.4) is 0 Å². The number of nitrogens with two attached hydrogens (primary N) is 1. The van der Waals surface area contributed by atoms with E-state index in [-0.39, 0.29) is 0 Å². The van der Waals surface area contributed by atoms with Crippen LogP contribution in [0.4, 0.5) is 5.69 Å². The number of nitrogens with zero attached hydrogens (tertiary/aromatic N) is 1. The minimum absolute atomic E-state index is 0.721. The molecule has 0 spiro atoms. The third kappa shape index (κ3) is 2.55. The molecule has 0 aliphatic rings. The molecule has 0 radical (unpaired) electrons. The molecule has 1 aromatic heterocycles. The fourth-order valence-electron chi connectivity index (χ4n) is 0.837. The molecule has 3 N–H and O–H groups in total. The van der Waals surface area contributed by atoms with Gasteiger partial charge in [-0.2, -0.15) is 0 Å². The lowest BCUT2D eigenvalue weighted by Gasteiger charge is -1.99. The maximum atomic E-state index is 5.48. The SMILES string of the molecule is CNCCc1ccc(N)cn1. The van der Waals surface area contributed by atoms with E-state index < -0.39 is 0 Å². The van der Waals surface area contributed by atoms with E-state index in [4.69, 9.17) is 5.73 Å². The van der Waals surface area contributed by atoms with Gasteiger partial charge in [0.05, 0.1) is 11.9 Å². The van der Waals surface area contributed by atoms with Crippen LogP contribution in [0.2, 0.25) is 0 Å². The minimum Gasteiger partial charge on any atom is -0.397 e. The Balaban J connectivity index is 2.52. The van der Waals surface area contributed by atoms with Gasteiger partial charge in [-0.15, -0.1) is 0 Å². The highest BCUT2D eigenvalue weighted by atomic mass is 14.8. The van der Waals surface area contributed by atoms with Crippen molar-refractivity contribution in [1.29, 1.82) is 0 Å². The van der Waals surface area contributed by atoms with Crippen LogP contribution in [0.15, 0.2) is 18.3 Å². The van der Waals surface area contributed by atoms with Crippen molar-refractivity contribution in [3.05, 3.63) is 24.0 Å². The van der Waals surface area contributed by atoms with Gasteiger partial charge in [-0.1, -0.05) is 0 Å². The first-order valence-corrected chi connectivity index (χ1v) is 3.68. The van der Waals surface area contributed by atoms with Gasteiger partial charge in [0.1, 0.15) is 0 Å². The minimum atomic E-state index is 0.721. The molecule has 3 heteroatoms. The number of hydrogen-bond acceptors (Lipinski definition) is 3. The van der Waals surface area contributed by atoms with Crippen molar-refractivity contribution in [2.24, 2.45) is 0 Å². The molecule has 0 bridgehead atoms. The Labute approximate surface area is 66.6 Å². The van der Waals surface area contributed by atoms with Crippen LogP contribution in [-0.2, 0) is 6.42 Å². The number of likely N-dealkylation sites (N-methyl/N-ethyl adjacent to an activating group) is 1. The number of nitrogens with one attached hydrogen (secondary N) is 1. The summed E-state index contributed by atoms with van der Waals surface area (Å²) in [4.78, 5) is 4.15. The fourth-order valence-corrected chi connectivity index (χ4v) is 0.837. The van der Waals surface area contributed by atoms with Gasteiger partial charge in [0, 0.05) is 18.7 Å². The maximum Gasteiger partial charge on any atom is 0.0501 e. The Bertz CT molecular complexity index is 205. The summed E-state index contributed by atoms with van der Waals surface area (Å²) < 4.78 is 0. The van der Waals surface area contributed by atoms with Gasteiger partial charge in [-0.25, -0.2) is 0 Å². The summed E-state index contributed by atoms with van der Waals surface area (Å²) in [5.74, 6) is 0. The van der Waals surface area contributed by atoms with Crippen LogP contribution in [0.1, 0.15) is 5.69 Å². The zero-order valence-corrected chi connectivity index (χ0v) is 6.67. The molecule has 0 saturated heterocycles. The Morgan fingerprint density at radius 2 is 2.36 bits per heavy atom. The normalized spacial score (nSPS) is 9.91. The molecule has 0 saturated carbocycles. The van der Waals surface area contributed by atoms with Crippen molar-refractivity contribution in [3.8, 4) is 0 Å². The Kier molecular flexibility index (Phi) is 2.86. The molecule has 11 heavy (non-hydrogen) atoms. The van der Waals surface area contributed by atoms with Crippen molar-refractivity contribution in [2.75, 3.05) is 19.3 Å². The van der Waals surface area contributed by atoms with Gasteiger partial charge in [0.15, 0.2) is 0 Å². The molecule has 0 aromatic carbocycles. The second kappa shape index (κ2) is 3.93. The first kappa shape index (κ1) is 8.01. The topological polar surface area (TPSA) is 50.9 Å². The lowest BCUT2D eigenvalue weighted by Crippen LogP contribution is -2.11. The Morgan fingerprint density at radius 3 is 2.91 bits per heavy atom. The van der Waals surface area contributed by atoms with E-state index in [0.717, 1.165) is 24.3 Å². The van der Waals surface area contributed by atoms with Gasteiger partial charge in [0.25, 0.3) is 0 Å². The summed E-state index contributed by atoms with van der Waals surface area (Å²) in [7, 11) is 1.93. The van der Waals surface area contributed by atoms with E-state index >= 15 is 0 Å². The Morgan fingerprint density at radius 1 is 1.55 bits per heavy atom. The van der Waals surface area contributed by atoms with Crippen molar-refractivity contribution >= 4 is 5.69 Å². The van der Waals surface area contributed by atoms with Gasteiger partial charge in [-0.05, 0) is 19.2 Å². The first-order chi connectivity index (χ1) is 5.33. The van der Waals surface area contributed by atoms with Crippen LogP contribution in [0.5, 0.6) is 0 Å². The van der Waals surface area contributed by atoms with Crippen molar-refractivity contribution < 1.29 is 0 Å². The van der Waals surface area contributed by atoms with Crippen LogP contribution >= 0.6 is 0 Å². The summed E-state index contributed by atoms with van der Waals surface area (Å²) in [6.45, 7) is 0.955. The van der Waals surface area contributed by atoms with Gasteiger partial charge in [0.2, 0.25) is 0 Å². The monoisotopic (exact) mass is 151 g/mol. The second-order valence-corrected chi connectivity index (χ2v) is 2.44. The summed E-state index contributed by atoms with van der Waals surface area (Å²) in [5, 5.41) is 3.06. The molecule has 60 valence electrons. The molecular weight excluding hydrogens is 138 g/mol. The number of anilines is 1. The zero-order valence-electron chi connectivity index (χ0n) is 6.67. The molecule has 1 aromatic rings. The molecule has 0 aliphatic carbocycles. The summed E-state index contributed by atoms with van der Waals surface area (Å²) in [5.41, 5.74) is 7.28. The molecule has 1 heterocycles. The molecule has 0 aliphatic heterocycles. The number of rotatable bonds is 3. The van der Waals surface area contributed by atoms with Crippen molar-refractivity contribution in [1.82, 2.24) is 10.3 Å². The fraction of sp³-hybridized carbons (Fsp3) is 0.375. The average molecular weight is 151 g/mol. The highest BCUT2D eigenvalue weighted by molar-refractivity contribution is 5.34. The summed E-state index contributed by atoms with van der Waals surface area (Å²) in [6.07, 6.45) is 2.64. The van der Waals surface area contributed by atoms with E-state index in [9.17, 15) is 0 Å². The summed E-state index contributed by atoms with van der Waals surface area (Å²) >= 11 is 0. The smallest absolute Gasteiger partial charge is 0.0501 e. The largest absolute Gasteiger partial charge is 0.397 e. The number of aromatic nitrogens is 1. The Hall–Kier alpha value is -1.09. The van der Waals surface area contributed by atoms with Crippen molar-refractivity contribution in [3.63, 3.8) is 0 Å². The highest BCUT2D eigenvalue weighted by Crippen LogP contribution is 2.00. The molecule has 1 rings (SSSR count). The third-order valence-electron chi connectivity index (χ3n) is 1.48. The first-order valence-electron chi connectivity index (χ1n) is 3.68. The van der Waals surface area contributed by atoms with E-state index in [2.05, 4.69) is 10.3 Å². The summed E-state index contributed by atoms with van der Waals surface area (Å²) in [6, 6.07) is 3.82. The molecule has 3 nitrogen and oxygen atoms in total. The van der Waals surface area contributed by atoms with Crippen molar-refractivity contribution in [2.45, 2.75) is 6.42 Å². The molecular formula is C8H13N3. The van der Waals surface area contributed by atoms with Gasteiger partial charge in [-0.3, -0.25) is 4.98 Å². The number of nitrogen functional groups attached to an aromatic ring is 1. The standard InChI is InChI=1S/C8H13N3/c1-10-5-4-8-3-2-7(9)6-11-8/h2-3,6,10H,4-5,9H2,1H3. The number of hydrogen-bond donors (Lipinski definition) is 2. The van der Waals surface area contributed by atoms with Crippen LogP contribution < -0.4 is 11.1 Å². The van der Waals surface area contributed by atoms with Gasteiger partial charge < -0.3 is 11.1 Å². The predicted octanol–water partition coefficient (Wildman–Crippen LogP) is 0.426. The van der Waals surface area contributed by atoms with E-state index in [1.807, 2.05) is 19.2 Å². The molecule has 0 fully saturated rings. The van der Waals surface area contributed by atoms with Crippen LogP contribution in [0, 0.1) is 0 Å².